The van der Waals surface area contributed by atoms with Crippen molar-refractivity contribution in [3.05, 3.63) is 29.8 Å². The normalized spacial score (nSPS) is 20.9. The minimum absolute atomic E-state index is 0.235. The lowest BCUT2D eigenvalue weighted by molar-refractivity contribution is 0.0158. The fourth-order valence-corrected chi connectivity index (χ4v) is 2.32. The number of halogens is 1. The van der Waals surface area contributed by atoms with Crippen molar-refractivity contribution in [2.24, 2.45) is 0 Å². The summed E-state index contributed by atoms with van der Waals surface area (Å²) in [6.07, 6.45) is 4.51. The molecule has 4 heteroatoms. The highest BCUT2D eigenvalue weighted by atomic mass is 19.1. The van der Waals surface area contributed by atoms with E-state index >= 15 is 0 Å². The number of aromatic amines is 1. The number of ether oxygens (including phenoxy) is 1. The van der Waals surface area contributed by atoms with Gasteiger partial charge in [-0.1, -0.05) is 0 Å². The highest BCUT2D eigenvalue weighted by molar-refractivity contribution is 5.74. The van der Waals surface area contributed by atoms with Crippen molar-refractivity contribution in [2.45, 2.75) is 31.8 Å². The zero-order valence-corrected chi connectivity index (χ0v) is 9.58. The molecule has 1 aromatic heterocycles. The molecule has 1 N–H and O–H groups in total. The number of H-pyrrole nitrogens is 1. The third-order valence-corrected chi connectivity index (χ3v) is 3.19. The van der Waals surface area contributed by atoms with Gasteiger partial charge in [-0.15, -0.1) is 0 Å². The van der Waals surface area contributed by atoms with E-state index in [1.54, 1.807) is 6.07 Å². The molecule has 1 saturated heterocycles. The van der Waals surface area contributed by atoms with E-state index in [2.05, 4.69) is 9.97 Å². The highest BCUT2D eigenvalue weighted by Crippen LogP contribution is 2.18. The molecule has 0 saturated carbocycles. The Bertz CT molecular complexity index is 517. The van der Waals surface area contributed by atoms with E-state index in [1.807, 2.05) is 0 Å². The summed E-state index contributed by atoms with van der Waals surface area (Å²) in [6.45, 7) is 0.847. The van der Waals surface area contributed by atoms with Gasteiger partial charge in [0.1, 0.15) is 11.6 Å². The molecule has 3 rings (SSSR count). The minimum atomic E-state index is -0.235. The lowest BCUT2D eigenvalue weighted by Crippen LogP contribution is -2.21. The number of hydrogen-bond acceptors (Lipinski definition) is 2. The summed E-state index contributed by atoms with van der Waals surface area (Å²) in [5.41, 5.74) is 1.58. The van der Waals surface area contributed by atoms with Crippen LogP contribution in [0.1, 0.15) is 25.1 Å². The summed E-state index contributed by atoms with van der Waals surface area (Å²) in [5, 5.41) is 0. The Hall–Kier alpha value is -1.42. The molecular formula is C13H15FN2O. The second-order valence-corrected chi connectivity index (χ2v) is 4.54. The van der Waals surface area contributed by atoms with Crippen LogP contribution in [0.25, 0.3) is 11.0 Å². The van der Waals surface area contributed by atoms with Crippen molar-refractivity contribution in [3.8, 4) is 0 Å². The Morgan fingerprint density at radius 2 is 2.35 bits per heavy atom. The quantitative estimate of drug-likeness (QED) is 0.867. The molecule has 0 bridgehead atoms. The standard InChI is InChI=1S/C13H15FN2O/c14-9-4-5-11-12(7-9)16-13(15-11)8-10-3-1-2-6-17-10/h4-5,7,10H,1-3,6,8H2,(H,15,16). The summed E-state index contributed by atoms with van der Waals surface area (Å²) in [7, 11) is 0. The minimum Gasteiger partial charge on any atom is -0.378 e. The smallest absolute Gasteiger partial charge is 0.125 e. The topological polar surface area (TPSA) is 37.9 Å². The van der Waals surface area contributed by atoms with Gasteiger partial charge in [0.05, 0.1) is 17.1 Å². The Labute approximate surface area is 99.0 Å². The first-order valence-electron chi connectivity index (χ1n) is 6.07. The number of benzene rings is 1. The van der Waals surface area contributed by atoms with Crippen LogP contribution in [0.15, 0.2) is 18.2 Å². The molecule has 1 atom stereocenters. The molecule has 0 spiro atoms. The van der Waals surface area contributed by atoms with Gasteiger partial charge in [0.2, 0.25) is 0 Å². The first kappa shape index (κ1) is 10.7. The zero-order chi connectivity index (χ0) is 11.7. The molecule has 0 aliphatic carbocycles. The SMILES string of the molecule is Fc1ccc2nc(CC3CCCCO3)[nH]c2c1. The average Bonchev–Trinajstić information content (AvgIpc) is 2.71. The van der Waals surface area contributed by atoms with Gasteiger partial charge in [-0.3, -0.25) is 0 Å². The van der Waals surface area contributed by atoms with Gasteiger partial charge in [-0.2, -0.15) is 0 Å². The molecule has 17 heavy (non-hydrogen) atoms. The van der Waals surface area contributed by atoms with Crippen LogP contribution in [0.4, 0.5) is 4.39 Å². The average molecular weight is 234 g/mol. The maximum atomic E-state index is 13.0. The van der Waals surface area contributed by atoms with Gasteiger partial charge in [-0.05, 0) is 37.5 Å². The maximum Gasteiger partial charge on any atom is 0.125 e. The fraction of sp³-hybridized carbons (Fsp3) is 0.462. The van der Waals surface area contributed by atoms with Crippen LogP contribution < -0.4 is 0 Å². The van der Waals surface area contributed by atoms with E-state index < -0.39 is 0 Å². The Morgan fingerprint density at radius 3 is 3.18 bits per heavy atom. The van der Waals surface area contributed by atoms with Crippen molar-refractivity contribution < 1.29 is 9.13 Å². The molecule has 3 nitrogen and oxygen atoms in total. The van der Waals surface area contributed by atoms with Gasteiger partial charge >= 0.3 is 0 Å². The van der Waals surface area contributed by atoms with E-state index in [1.165, 1.54) is 18.6 Å². The van der Waals surface area contributed by atoms with Crippen molar-refractivity contribution in [2.75, 3.05) is 6.61 Å². The van der Waals surface area contributed by atoms with Crippen LogP contribution in [0.5, 0.6) is 0 Å². The predicted octanol–water partition coefficient (Wildman–Crippen LogP) is 2.81. The highest BCUT2D eigenvalue weighted by Gasteiger charge is 2.16. The Morgan fingerprint density at radius 1 is 1.41 bits per heavy atom. The molecule has 90 valence electrons. The van der Waals surface area contributed by atoms with Crippen LogP contribution in [-0.4, -0.2) is 22.7 Å². The monoisotopic (exact) mass is 234 g/mol. The van der Waals surface area contributed by atoms with Gasteiger partial charge in [0, 0.05) is 13.0 Å². The van der Waals surface area contributed by atoms with Crippen molar-refractivity contribution in [1.82, 2.24) is 9.97 Å². The van der Waals surface area contributed by atoms with Crippen LogP contribution in [0, 0.1) is 5.82 Å². The number of aromatic nitrogens is 2. The Kier molecular flexibility index (Phi) is 2.81. The van der Waals surface area contributed by atoms with Crippen LogP contribution in [0.3, 0.4) is 0 Å². The van der Waals surface area contributed by atoms with E-state index in [0.29, 0.717) is 0 Å². The largest absolute Gasteiger partial charge is 0.378 e. The molecule has 2 heterocycles. The second kappa shape index (κ2) is 4.45. The number of nitrogens with zero attached hydrogens (tertiary/aromatic N) is 1. The van der Waals surface area contributed by atoms with Crippen molar-refractivity contribution in [1.29, 1.82) is 0 Å². The lowest BCUT2D eigenvalue weighted by Gasteiger charge is -2.21. The molecule has 1 unspecified atom stereocenters. The second-order valence-electron chi connectivity index (χ2n) is 4.54. The Balaban J connectivity index is 1.80. The fourth-order valence-electron chi connectivity index (χ4n) is 2.32. The third-order valence-electron chi connectivity index (χ3n) is 3.19. The number of rotatable bonds is 2. The third kappa shape index (κ3) is 2.31. The number of nitrogens with one attached hydrogen (secondary N) is 1. The molecule has 1 fully saturated rings. The van der Waals surface area contributed by atoms with E-state index in [9.17, 15) is 4.39 Å². The van der Waals surface area contributed by atoms with Crippen molar-refractivity contribution in [3.63, 3.8) is 0 Å². The molecular weight excluding hydrogens is 219 g/mol. The molecule has 1 aliphatic heterocycles. The summed E-state index contributed by atoms with van der Waals surface area (Å²) < 4.78 is 18.7. The van der Waals surface area contributed by atoms with Gasteiger partial charge < -0.3 is 9.72 Å². The van der Waals surface area contributed by atoms with E-state index in [-0.39, 0.29) is 11.9 Å². The summed E-state index contributed by atoms with van der Waals surface area (Å²) >= 11 is 0. The van der Waals surface area contributed by atoms with Crippen LogP contribution in [-0.2, 0) is 11.2 Å². The van der Waals surface area contributed by atoms with E-state index in [4.69, 9.17) is 4.74 Å². The van der Waals surface area contributed by atoms with Gasteiger partial charge in [0.15, 0.2) is 0 Å². The lowest BCUT2D eigenvalue weighted by atomic mass is 10.1. The number of fused-ring (bicyclic) bond motifs is 1. The maximum absolute atomic E-state index is 13.0. The number of imidazole rings is 1. The molecule has 0 amide bonds. The summed E-state index contributed by atoms with van der Waals surface area (Å²) in [5.74, 6) is 0.652. The van der Waals surface area contributed by atoms with Gasteiger partial charge in [0.25, 0.3) is 0 Å². The zero-order valence-electron chi connectivity index (χ0n) is 9.58. The first-order chi connectivity index (χ1) is 8.31. The van der Waals surface area contributed by atoms with Crippen molar-refractivity contribution >= 4 is 11.0 Å². The summed E-state index contributed by atoms with van der Waals surface area (Å²) in [6, 6.07) is 4.62. The number of hydrogen-bond donors (Lipinski definition) is 1. The van der Waals surface area contributed by atoms with Gasteiger partial charge in [-0.25, -0.2) is 9.37 Å². The summed E-state index contributed by atoms with van der Waals surface area (Å²) in [4.78, 5) is 7.60. The first-order valence-corrected chi connectivity index (χ1v) is 6.07. The van der Waals surface area contributed by atoms with Crippen LogP contribution in [0.2, 0.25) is 0 Å². The molecule has 2 aromatic rings. The van der Waals surface area contributed by atoms with E-state index in [0.717, 1.165) is 42.7 Å². The molecule has 1 aliphatic rings. The predicted molar refractivity (Wildman–Crippen MR) is 63.3 cm³/mol. The molecule has 0 radical (unpaired) electrons. The van der Waals surface area contributed by atoms with Crippen LogP contribution >= 0.6 is 0 Å². The molecule has 1 aromatic carbocycles.